The van der Waals surface area contributed by atoms with E-state index < -0.39 is 21.5 Å². The Morgan fingerprint density at radius 2 is 1.88 bits per heavy atom. The number of carbonyl (C=O) groups excluding carboxylic acids is 1. The van der Waals surface area contributed by atoms with Crippen LogP contribution in [0.3, 0.4) is 0 Å². The average molecular weight is 346 g/mol. The van der Waals surface area contributed by atoms with Crippen LogP contribution >= 0.6 is 0 Å². The van der Waals surface area contributed by atoms with Gasteiger partial charge in [-0.1, -0.05) is 37.3 Å². The van der Waals surface area contributed by atoms with Gasteiger partial charge in [-0.15, -0.1) is 0 Å². The number of nitrogens with two attached hydrogens (primary N) is 1. The molecule has 1 aliphatic carbocycles. The number of nitrogens with one attached hydrogen (secondary N) is 1. The van der Waals surface area contributed by atoms with Gasteiger partial charge in [0, 0.05) is 5.39 Å². The van der Waals surface area contributed by atoms with E-state index in [1.165, 1.54) is 6.07 Å². The average Bonchev–Trinajstić information content (AvgIpc) is 2.88. The molecule has 0 saturated heterocycles. The molecule has 3 rings (SSSR count). The zero-order valence-electron chi connectivity index (χ0n) is 13.9. The van der Waals surface area contributed by atoms with Crippen LogP contribution in [0.1, 0.15) is 31.7 Å². The lowest BCUT2D eigenvalue weighted by atomic mass is 9.97. The standard InChI is InChI=1S/C18H22N2O3S/c1-12-9-10-18(19,11-12)17(21)20-24(22,23)16-8-7-13(2)14-5-3-4-6-15(14)16/h3-8,12H,9-11,19H2,1-2H3,(H,20,21). The number of benzene rings is 2. The van der Waals surface area contributed by atoms with Gasteiger partial charge in [-0.3, -0.25) is 4.79 Å². The van der Waals surface area contributed by atoms with Crippen LogP contribution in [0.5, 0.6) is 0 Å². The van der Waals surface area contributed by atoms with Gasteiger partial charge in [0.25, 0.3) is 15.9 Å². The molecule has 2 atom stereocenters. The summed E-state index contributed by atoms with van der Waals surface area (Å²) in [6, 6.07) is 10.5. The van der Waals surface area contributed by atoms with Crippen molar-refractivity contribution in [1.29, 1.82) is 0 Å². The Hall–Kier alpha value is -1.92. The lowest BCUT2D eigenvalue weighted by Gasteiger charge is -2.23. The zero-order valence-corrected chi connectivity index (χ0v) is 14.7. The monoisotopic (exact) mass is 346 g/mol. The summed E-state index contributed by atoms with van der Waals surface area (Å²) in [6.07, 6.45) is 1.84. The van der Waals surface area contributed by atoms with Crippen LogP contribution in [-0.2, 0) is 14.8 Å². The third-order valence-electron chi connectivity index (χ3n) is 4.87. The third kappa shape index (κ3) is 2.91. The van der Waals surface area contributed by atoms with Gasteiger partial charge in [0.15, 0.2) is 0 Å². The van der Waals surface area contributed by atoms with E-state index in [-0.39, 0.29) is 4.90 Å². The summed E-state index contributed by atoms with van der Waals surface area (Å²) in [5.41, 5.74) is 6.02. The minimum absolute atomic E-state index is 0.103. The van der Waals surface area contributed by atoms with Crippen molar-refractivity contribution in [3.63, 3.8) is 0 Å². The van der Waals surface area contributed by atoms with Crippen LogP contribution in [0.4, 0.5) is 0 Å². The number of hydrogen-bond donors (Lipinski definition) is 2. The highest BCUT2D eigenvalue weighted by molar-refractivity contribution is 7.90. The van der Waals surface area contributed by atoms with Gasteiger partial charge in [-0.2, -0.15) is 0 Å². The van der Waals surface area contributed by atoms with Gasteiger partial charge in [0.2, 0.25) is 0 Å². The number of rotatable bonds is 3. The molecule has 1 aliphatic rings. The van der Waals surface area contributed by atoms with Gasteiger partial charge in [-0.25, -0.2) is 13.1 Å². The van der Waals surface area contributed by atoms with Gasteiger partial charge in [0.05, 0.1) is 10.4 Å². The van der Waals surface area contributed by atoms with Crippen LogP contribution in [0.2, 0.25) is 0 Å². The Morgan fingerprint density at radius 3 is 2.50 bits per heavy atom. The largest absolute Gasteiger partial charge is 0.317 e. The molecule has 2 unspecified atom stereocenters. The van der Waals surface area contributed by atoms with Gasteiger partial charge in [0.1, 0.15) is 0 Å². The molecule has 6 heteroatoms. The molecule has 0 aliphatic heterocycles. The van der Waals surface area contributed by atoms with Crippen LogP contribution < -0.4 is 10.5 Å². The van der Waals surface area contributed by atoms with E-state index in [0.29, 0.717) is 24.1 Å². The fourth-order valence-corrected chi connectivity index (χ4v) is 4.74. The summed E-state index contributed by atoms with van der Waals surface area (Å²) in [4.78, 5) is 12.6. The first-order chi connectivity index (χ1) is 11.2. The van der Waals surface area contributed by atoms with E-state index in [1.807, 2.05) is 26.0 Å². The quantitative estimate of drug-likeness (QED) is 0.893. The molecule has 0 radical (unpaired) electrons. The van der Waals surface area contributed by atoms with Crippen molar-refractivity contribution in [2.75, 3.05) is 0 Å². The van der Waals surface area contributed by atoms with Crippen molar-refractivity contribution in [1.82, 2.24) is 4.72 Å². The minimum Gasteiger partial charge on any atom is -0.317 e. The number of amides is 1. The molecule has 2 aromatic rings. The Bertz CT molecular complexity index is 908. The van der Waals surface area contributed by atoms with Crippen LogP contribution in [0.25, 0.3) is 10.8 Å². The predicted molar refractivity (Wildman–Crippen MR) is 93.9 cm³/mol. The van der Waals surface area contributed by atoms with Crippen molar-refractivity contribution in [3.8, 4) is 0 Å². The van der Waals surface area contributed by atoms with E-state index in [2.05, 4.69) is 4.72 Å². The smallest absolute Gasteiger partial charge is 0.264 e. The maximum Gasteiger partial charge on any atom is 0.264 e. The molecule has 0 spiro atoms. The molecule has 0 bridgehead atoms. The van der Waals surface area contributed by atoms with Crippen molar-refractivity contribution < 1.29 is 13.2 Å². The summed E-state index contributed by atoms with van der Waals surface area (Å²) in [6.45, 7) is 3.94. The number of sulfonamides is 1. The Morgan fingerprint density at radius 1 is 1.21 bits per heavy atom. The van der Waals surface area contributed by atoms with E-state index in [1.54, 1.807) is 18.2 Å². The van der Waals surface area contributed by atoms with Gasteiger partial charge < -0.3 is 5.73 Å². The second-order valence-corrected chi connectivity index (χ2v) is 8.52. The van der Waals surface area contributed by atoms with Gasteiger partial charge >= 0.3 is 0 Å². The van der Waals surface area contributed by atoms with E-state index in [4.69, 9.17) is 5.73 Å². The molecule has 5 nitrogen and oxygen atoms in total. The molecule has 2 aromatic carbocycles. The number of fused-ring (bicyclic) bond motifs is 1. The van der Waals surface area contributed by atoms with Gasteiger partial charge in [-0.05, 0) is 49.1 Å². The summed E-state index contributed by atoms with van der Waals surface area (Å²) in [5, 5.41) is 1.45. The molecule has 24 heavy (non-hydrogen) atoms. The first kappa shape index (κ1) is 16.9. The Balaban J connectivity index is 1.97. The van der Waals surface area contributed by atoms with Crippen LogP contribution in [0, 0.1) is 12.8 Å². The molecule has 128 valence electrons. The fraction of sp³-hybridized carbons (Fsp3) is 0.389. The highest BCUT2D eigenvalue weighted by Crippen LogP contribution is 2.33. The number of hydrogen-bond acceptors (Lipinski definition) is 4. The predicted octanol–water partition coefficient (Wildman–Crippen LogP) is 2.47. The van der Waals surface area contributed by atoms with E-state index >= 15 is 0 Å². The maximum atomic E-state index is 12.8. The summed E-state index contributed by atoms with van der Waals surface area (Å²) in [7, 11) is -3.98. The molecular formula is C18H22N2O3S. The normalized spacial score (nSPS) is 24.2. The minimum atomic E-state index is -3.98. The molecular weight excluding hydrogens is 324 g/mol. The fourth-order valence-electron chi connectivity index (χ4n) is 3.47. The summed E-state index contributed by atoms with van der Waals surface area (Å²) in [5.74, 6) is -0.292. The molecule has 1 fully saturated rings. The van der Waals surface area contributed by atoms with Crippen LogP contribution in [0.15, 0.2) is 41.3 Å². The first-order valence-electron chi connectivity index (χ1n) is 8.07. The zero-order chi connectivity index (χ0) is 17.5. The van der Waals surface area contributed by atoms with E-state index in [0.717, 1.165) is 17.4 Å². The molecule has 0 heterocycles. The third-order valence-corrected chi connectivity index (χ3v) is 6.26. The highest BCUT2D eigenvalue weighted by atomic mass is 32.2. The van der Waals surface area contributed by atoms with Crippen molar-refractivity contribution in [2.24, 2.45) is 11.7 Å². The highest BCUT2D eigenvalue weighted by Gasteiger charge is 2.42. The van der Waals surface area contributed by atoms with E-state index in [9.17, 15) is 13.2 Å². The first-order valence-corrected chi connectivity index (χ1v) is 9.56. The van der Waals surface area contributed by atoms with Crippen LogP contribution in [-0.4, -0.2) is 19.9 Å². The maximum absolute atomic E-state index is 12.8. The van der Waals surface area contributed by atoms with Crippen molar-refractivity contribution in [2.45, 2.75) is 43.5 Å². The molecule has 3 N–H and O–H groups in total. The molecule has 0 aromatic heterocycles. The lowest BCUT2D eigenvalue weighted by molar-refractivity contribution is -0.124. The number of aryl methyl sites for hydroxylation is 1. The second kappa shape index (κ2) is 5.86. The Kier molecular flexibility index (Phi) is 4.13. The lowest BCUT2D eigenvalue weighted by Crippen LogP contribution is -2.53. The SMILES string of the molecule is Cc1ccc(S(=O)(=O)NC(=O)C2(N)CCC(C)C2)c2ccccc12. The second-order valence-electron chi connectivity index (χ2n) is 6.86. The van der Waals surface area contributed by atoms with Crippen molar-refractivity contribution in [3.05, 3.63) is 42.0 Å². The summed E-state index contributed by atoms with van der Waals surface area (Å²) < 4.78 is 27.7. The number of carbonyl (C=O) groups is 1. The van der Waals surface area contributed by atoms with Crippen molar-refractivity contribution >= 4 is 26.7 Å². The summed E-state index contributed by atoms with van der Waals surface area (Å²) >= 11 is 0. The topological polar surface area (TPSA) is 89.3 Å². The Labute approximate surface area is 142 Å². The molecule has 1 amide bonds. The molecule has 1 saturated carbocycles.